The van der Waals surface area contributed by atoms with Crippen LogP contribution in [0.5, 0.6) is 0 Å². The molecule has 0 aliphatic heterocycles. The summed E-state index contributed by atoms with van der Waals surface area (Å²) >= 11 is 0. The highest BCUT2D eigenvalue weighted by Gasteiger charge is 2.27. The molecule has 82 valence electrons. The van der Waals surface area contributed by atoms with Crippen molar-refractivity contribution in [2.45, 2.75) is 39.8 Å². The molecule has 5 N–H and O–H groups in total. The van der Waals surface area contributed by atoms with Crippen molar-refractivity contribution in [2.24, 2.45) is 17.4 Å². The Labute approximate surface area is 85.0 Å². The molecule has 0 saturated carbocycles. The zero-order valence-corrected chi connectivity index (χ0v) is 9.29. The van der Waals surface area contributed by atoms with Crippen LogP contribution in [0.1, 0.15) is 34.1 Å². The van der Waals surface area contributed by atoms with E-state index in [1.807, 2.05) is 13.8 Å². The van der Waals surface area contributed by atoms with Crippen LogP contribution in [-0.2, 0) is 4.79 Å². The quantitative estimate of drug-likeness (QED) is 0.456. The third-order valence-corrected chi connectivity index (χ3v) is 2.44. The van der Waals surface area contributed by atoms with Gasteiger partial charge < -0.3 is 16.6 Å². The first-order chi connectivity index (χ1) is 6.24. The van der Waals surface area contributed by atoms with Crippen LogP contribution in [0.25, 0.3) is 0 Å². The smallest absolute Gasteiger partial charge is 0.244 e. The van der Waals surface area contributed by atoms with Crippen LogP contribution < -0.4 is 11.5 Å². The van der Waals surface area contributed by atoms with Gasteiger partial charge in [0.05, 0.1) is 0 Å². The van der Waals surface area contributed by atoms with Gasteiger partial charge in [-0.2, -0.15) is 0 Å². The molecule has 0 aromatic carbocycles. The average Bonchev–Trinajstić information content (AvgIpc) is 2.02. The van der Waals surface area contributed by atoms with Gasteiger partial charge in [-0.3, -0.25) is 4.79 Å². The predicted octanol–water partition coefficient (Wildman–Crippen LogP) is 0.501. The maximum Gasteiger partial charge on any atom is 0.244 e. The molecule has 0 aromatic heterocycles. The molecule has 0 fully saturated rings. The van der Waals surface area contributed by atoms with E-state index >= 15 is 0 Å². The van der Waals surface area contributed by atoms with Crippen molar-refractivity contribution < 1.29 is 9.90 Å². The summed E-state index contributed by atoms with van der Waals surface area (Å²) in [6.07, 6.45) is 0.350. The fourth-order valence-corrected chi connectivity index (χ4v) is 1.40. The van der Waals surface area contributed by atoms with E-state index in [9.17, 15) is 9.90 Å². The van der Waals surface area contributed by atoms with Gasteiger partial charge >= 0.3 is 0 Å². The fourth-order valence-electron chi connectivity index (χ4n) is 1.40. The monoisotopic (exact) mass is 200 g/mol. The van der Waals surface area contributed by atoms with Crippen LogP contribution in [0.15, 0.2) is 11.1 Å². The Morgan fingerprint density at radius 3 is 2.14 bits per heavy atom. The van der Waals surface area contributed by atoms with Crippen molar-refractivity contribution in [3.05, 3.63) is 11.1 Å². The van der Waals surface area contributed by atoms with E-state index in [1.165, 1.54) is 0 Å². The molecule has 4 nitrogen and oxygen atoms in total. The topological polar surface area (TPSA) is 89.3 Å². The molecule has 0 spiro atoms. The molecule has 0 rings (SSSR count). The second-order valence-corrected chi connectivity index (χ2v) is 3.84. The van der Waals surface area contributed by atoms with Gasteiger partial charge in [-0.05, 0) is 24.8 Å². The van der Waals surface area contributed by atoms with Crippen LogP contribution in [-0.4, -0.2) is 16.7 Å². The molecule has 0 aliphatic rings. The largest absolute Gasteiger partial charge is 0.372 e. The highest BCUT2D eigenvalue weighted by molar-refractivity contribution is 5.93. The van der Waals surface area contributed by atoms with E-state index in [0.29, 0.717) is 17.6 Å². The maximum absolute atomic E-state index is 11.1. The fraction of sp³-hybridized carbons (Fsp3) is 0.700. The summed E-state index contributed by atoms with van der Waals surface area (Å²) < 4.78 is 0. The zero-order valence-electron chi connectivity index (χ0n) is 9.29. The lowest BCUT2D eigenvalue weighted by molar-refractivity contribution is -0.115. The molecule has 0 saturated heterocycles. The van der Waals surface area contributed by atoms with E-state index in [0.717, 1.165) is 0 Å². The maximum atomic E-state index is 11.1. The normalized spacial score (nSPS) is 17.6. The standard InChI is InChI=1S/C10H20N2O2/c1-5-10(12,14)7(4)8(6(2)3)9(11)13/h6,14H,5,12H2,1-4H3,(H2,11,13)/b8-7-. The first-order valence-corrected chi connectivity index (χ1v) is 4.76. The van der Waals surface area contributed by atoms with Gasteiger partial charge in [0.1, 0.15) is 5.72 Å². The number of carbonyl (C=O) groups is 1. The minimum Gasteiger partial charge on any atom is -0.372 e. The van der Waals surface area contributed by atoms with Crippen molar-refractivity contribution in [1.29, 1.82) is 0 Å². The number of hydrogen-bond acceptors (Lipinski definition) is 3. The van der Waals surface area contributed by atoms with Crippen LogP contribution in [0, 0.1) is 5.92 Å². The molecular weight excluding hydrogens is 180 g/mol. The Morgan fingerprint density at radius 1 is 1.50 bits per heavy atom. The zero-order chi connectivity index (χ0) is 11.5. The molecule has 0 aromatic rings. The van der Waals surface area contributed by atoms with Gasteiger partial charge in [-0.25, -0.2) is 0 Å². The number of aliphatic hydroxyl groups is 1. The second kappa shape index (κ2) is 4.57. The predicted molar refractivity (Wildman–Crippen MR) is 56.2 cm³/mol. The summed E-state index contributed by atoms with van der Waals surface area (Å²) in [7, 11) is 0. The van der Waals surface area contributed by atoms with Crippen molar-refractivity contribution in [3.63, 3.8) is 0 Å². The Balaban J connectivity index is 5.31. The molecule has 4 heteroatoms. The number of nitrogens with two attached hydrogens (primary N) is 2. The molecule has 1 atom stereocenters. The number of rotatable bonds is 4. The highest BCUT2D eigenvalue weighted by Crippen LogP contribution is 2.22. The Hall–Kier alpha value is -0.870. The van der Waals surface area contributed by atoms with E-state index < -0.39 is 11.6 Å². The van der Waals surface area contributed by atoms with Crippen LogP contribution in [0.3, 0.4) is 0 Å². The minimum atomic E-state index is -1.44. The third kappa shape index (κ3) is 2.82. The lowest BCUT2D eigenvalue weighted by atomic mass is 9.90. The highest BCUT2D eigenvalue weighted by atomic mass is 16.3. The SMILES string of the molecule is CCC(N)(O)/C(C)=C(\C(N)=O)C(C)C. The lowest BCUT2D eigenvalue weighted by Gasteiger charge is -2.26. The Kier molecular flexibility index (Phi) is 4.29. The van der Waals surface area contributed by atoms with Gasteiger partial charge in [-0.1, -0.05) is 20.8 Å². The van der Waals surface area contributed by atoms with E-state index in [1.54, 1.807) is 13.8 Å². The molecule has 14 heavy (non-hydrogen) atoms. The summed E-state index contributed by atoms with van der Waals surface area (Å²) in [6.45, 7) is 7.08. The van der Waals surface area contributed by atoms with Gasteiger partial charge in [-0.15, -0.1) is 0 Å². The summed E-state index contributed by atoms with van der Waals surface area (Å²) in [6, 6.07) is 0. The minimum absolute atomic E-state index is 0.0332. The molecule has 0 radical (unpaired) electrons. The van der Waals surface area contributed by atoms with Gasteiger partial charge in [0.25, 0.3) is 0 Å². The molecular formula is C10H20N2O2. The van der Waals surface area contributed by atoms with Crippen molar-refractivity contribution in [1.82, 2.24) is 0 Å². The molecule has 0 aliphatic carbocycles. The summed E-state index contributed by atoms with van der Waals surface area (Å²) in [5.74, 6) is -0.552. The molecule has 1 unspecified atom stereocenters. The van der Waals surface area contributed by atoms with Crippen LogP contribution in [0.4, 0.5) is 0 Å². The third-order valence-electron chi connectivity index (χ3n) is 2.44. The van der Waals surface area contributed by atoms with Crippen molar-refractivity contribution in [3.8, 4) is 0 Å². The summed E-state index contributed by atoms with van der Waals surface area (Å²) in [5, 5.41) is 9.77. The number of primary amides is 1. The van der Waals surface area contributed by atoms with Gasteiger partial charge in [0, 0.05) is 5.57 Å². The van der Waals surface area contributed by atoms with E-state index in [2.05, 4.69) is 0 Å². The summed E-state index contributed by atoms with van der Waals surface area (Å²) in [4.78, 5) is 11.1. The number of amides is 1. The van der Waals surface area contributed by atoms with Gasteiger partial charge in [0.2, 0.25) is 5.91 Å². The average molecular weight is 200 g/mol. The molecule has 0 heterocycles. The van der Waals surface area contributed by atoms with Crippen molar-refractivity contribution >= 4 is 5.91 Å². The number of carbonyl (C=O) groups excluding carboxylic acids is 1. The Morgan fingerprint density at radius 2 is 1.93 bits per heavy atom. The first-order valence-electron chi connectivity index (χ1n) is 4.76. The van der Waals surface area contributed by atoms with Crippen molar-refractivity contribution in [2.75, 3.05) is 0 Å². The molecule has 0 bridgehead atoms. The lowest BCUT2D eigenvalue weighted by Crippen LogP contribution is -2.42. The van der Waals surface area contributed by atoms with E-state index in [4.69, 9.17) is 11.5 Å². The first kappa shape index (κ1) is 13.1. The van der Waals surface area contributed by atoms with Crippen LogP contribution in [0.2, 0.25) is 0 Å². The number of hydrogen-bond donors (Lipinski definition) is 3. The Bertz CT molecular complexity index is 255. The second-order valence-electron chi connectivity index (χ2n) is 3.84. The summed E-state index contributed by atoms with van der Waals surface area (Å²) in [5.41, 5.74) is 10.3. The van der Waals surface area contributed by atoms with Crippen LogP contribution >= 0.6 is 0 Å². The van der Waals surface area contributed by atoms with Gasteiger partial charge in [0.15, 0.2) is 0 Å². The molecule has 1 amide bonds. The van der Waals surface area contributed by atoms with E-state index in [-0.39, 0.29) is 5.92 Å².